The molecule has 26 heavy (non-hydrogen) atoms. The summed E-state index contributed by atoms with van der Waals surface area (Å²) in [6, 6.07) is 15.9. The molecule has 0 saturated heterocycles. The van der Waals surface area contributed by atoms with Crippen molar-refractivity contribution >= 4 is 22.8 Å². The SMILES string of the molecule is NC(Cc1c[nH]c2ccccc12)C(=O)NCCOC(=O)c1ccccc1. The average molecular weight is 351 g/mol. The Labute approximate surface area is 151 Å². The Morgan fingerprint density at radius 3 is 2.62 bits per heavy atom. The lowest BCUT2D eigenvalue weighted by atomic mass is 10.1. The van der Waals surface area contributed by atoms with Crippen LogP contribution in [-0.4, -0.2) is 36.1 Å². The molecule has 1 atom stereocenters. The maximum Gasteiger partial charge on any atom is 0.338 e. The highest BCUT2D eigenvalue weighted by atomic mass is 16.5. The summed E-state index contributed by atoms with van der Waals surface area (Å²) in [6.45, 7) is 0.318. The van der Waals surface area contributed by atoms with E-state index in [9.17, 15) is 9.59 Å². The van der Waals surface area contributed by atoms with E-state index >= 15 is 0 Å². The molecule has 1 aromatic heterocycles. The maximum absolute atomic E-state index is 12.1. The van der Waals surface area contributed by atoms with Gasteiger partial charge in [0.15, 0.2) is 0 Å². The number of hydrogen-bond acceptors (Lipinski definition) is 4. The van der Waals surface area contributed by atoms with E-state index in [0.29, 0.717) is 12.0 Å². The minimum Gasteiger partial charge on any atom is -0.460 e. The first kappa shape index (κ1) is 17.7. The number of carbonyl (C=O) groups is 2. The minimum absolute atomic E-state index is 0.0965. The van der Waals surface area contributed by atoms with E-state index in [1.807, 2.05) is 36.5 Å². The smallest absolute Gasteiger partial charge is 0.338 e. The van der Waals surface area contributed by atoms with E-state index in [-0.39, 0.29) is 19.1 Å². The molecule has 6 heteroatoms. The Morgan fingerprint density at radius 2 is 1.81 bits per heavy atom. The first-order valence-electron chi connectivity index (χ1n) is 8.45. The fourth-order valence-corrected chi connectivity index (χ4v) is 2.74. The van der Waals surface area contributed by atoms with Crippen LogP contribution in [-0.2, 0) is 16.0 Å². The molecule has 3 aromatic rings. The summed E-state index contributed by atoms with van der Waals surface area (Å²) in [7, 11) is 0. The van der Waals surface area contributed by atoms with Crippen LogP contribution in [0.4, 0.5) is 0 Å². The van der Waals surface area contributed by atoms with Gasteiger partial charge in [-0.2, -0.15) is 0 Å². The number of H-pyrrole nitrogens is 1. The van der Waals surface area contributed by atoms with Crippen LogP contribution in [0.3, 0.4) is 0 Å². The Balaban J connectivity index is 1.44. The van der Waals surface area contributed by atoms with Gasteiger partial charge < -0.3 is 20.8 Å². The van der Waals surface area contributed by atoms with Crippen molar-refractivity contribution in [3.05, 3.63) is 71.9 Å². The molecule has 4 N–H and O–H groups in total. The molecule has 134 valence electrons. The molecular weight excluding hydrogens is 330 g/mol. The number of nitrogens with two attached hydrogens (primary N) is 1. The van der Waals surface area contributed by atoms with Crippen molar-refractivity contribution < 1.29 is 14.3 Å². The topological polar surface area (TPSA) is 97.2 Å². The van der Waals surface area contributed by atoms with Gasteiger partial charge in [0.05, 0.1) is 18.2 Å². The van der Waals surface area contributed by atoms with Crippen molar-refractivity contribution in [2.45, 2.75) is 12.5 Å². The van der Waals surface area contributed by atoms with Crippen LogP contribution in [0.15, 0.2) is 60.8 Å². The summed E-state index contributed by atoms with van der Waals surface area (Å²) >= 11 is 0. The molecule has 0 bridgehead atoms. The van der Waals surface area contributed by atoms with Gasteiger partial charge in [0.25, 0.3) is 0 Å². The minimum atomic E-state index is -0.668. The maximum atomic E-state index is 12.1. The summed E-state index contributed by atoms with van der Waals surface area (Å²) in [5, 5.41) is 3.76. The van der Waals surface area contributed by atoms with Crippen LogP contribution < -0.4 is 11.1 Å². The second kappa shape index (κ2) is 8.31. The predicted molar refractivity (Wildman–Crippen MR) is 99.7 cm³/mol. The van der Waals surface area contributed by atoms with Crippen molar-refractivity contribution in [2.24, 2.45) is 5.73 Å². The van der Waals surface area contributed by atoms with Crippen molar-refractivity contribution in [1.29, 1.82) is 0 Å². The van der Waals surface area contributed by atoms with Gasteiger partial charge >= 0.3 is 5.97 Å². The summed E-state index contributed by atoms with van der Waals surface area (Å²) < 4.78 is 5.12. The molecule has 0 radical (unpaired) electrons. The van der Waals surface area contributed by atoms with Gasteiger partial charge in [-0.15, -0.1) is 0 Å². The highest BCUT2D eigenvalue weighted by molar-refractivity contribution is 5.89. The molecule has 1 unspecified atom stereocenters. The highest BCUT2D eigenvalue weighted by Gasteiger charge is 2.16. The van der Waals surface area contributed by atoms with E-state index in [1.54, 1.807) is 24.3 Å². The van der Waals surface area contributed by atoms with Crippen molar-refractivity contribution in [1.82, 2.24) is 10.3 Å². The van der Waals surface area contributed by atoms with Crippen LogP contribution >= 0.6 is 0 Å². The molecule has 3 rings (SSSR count). The van der Waals surface area contributed by atoms with Crippen molar-refractivity contribution in [3.63, 3.8) is 0 Å². The summed E-state index contributed by atoms with van der Waals surface area (Å²) in [6.07, 6.45) is 2.30. The first-order valence-corrected chi connectivity index (χ1v) is 8.45. The standard InChI is InChI=1S/C20H21N3O3/c21-17(12-15-13-23-18-9-5-4-8-16(15)18)19(24)22-10-11-26-20(25)14-6-2-1-3-7-14/h1-9,13,17,23H,10-12,21H2,(H,22,24). The number of amides is 1. The lowest BCUT2D eigenvalue weighted by molar-refractivity contribution is -0.122. The number of para-hydroxylation sites is 1. The van der Waals surface area contributed by atoms with E-state index in [1.165, 1.54) is 0 Å². The third-order valence-electron chi connectivity index (χ3n) is 4.10. The molecule has 2 aromatic carbocycles. The number of aromatic amines is 1. The molecule has 0 aliphatic heterocycles. The zero-order chi connectivity index (χ0) is 18.4. The predicted octanol–water partition coefficient (Wildman–Crippen LogP) is 2.01. The van der Waals surface area contributed by atoms with Gasteiger partial charge in [0.1, 0.15) is 6.61 Å². The molecule has 1 amide bonds. The summed E-state index contributed by atoms with van der Waals surface area (Å²) in [4.78, 5) is 27.1. The second-order valence-corrected chi connectivity index (χ2v) is 5.96. The zero-order valence-corrected chi connectivity index (χ0v) is 14.3. The van der Waals surface area contributed by atoms with E-state index < -0.39 is 12.0 Å². The molecule has 0 aliphatic rings. The van der Waals surface area contributed by atoms with Gasteiger partial charge in [-0.05, 0) is 30.2 Å². The summed E-state index contributed by atoms with van der Waals surface area (Å²) in [5.41, 5.74) is 8.50. The average Bonchev–Trinajstić information content (AvgIpc) is 3.08. The third kappa shape index (κ3) is 4.29. The lowest BCUT2D eigenvalue weighted by Gasteiger charge is -2.12. The number of fused-ring (bicyclic) bond motifs is 1. The van der Waals surface area contributed by atoms with Gasteiger partial charge in [-0.3, -0.25) is 4.79 Å². The Kier molecular flexibility index (Phi) is 5.66. The lowest BCUT2D eigenvalue weighted by Crippen LogP contribution is -2.43. The largest absolute Gasteiger partial charge is 0.460 e. The number of benzene rings is 2. The monoisotopic (exact) mass is 351 g/mol. The number of carbonyl (C=O) groups excluding carboxylic acids is 2. The molecule has 0 saturated carbocycles. The van der Waals surface area contributed by atoms with Gasteiger partial charge in [0.2, 0.25) is 5.91 Å². The number of rotatable bonds is 7. The fraction of sp³-hybridized carbons (Fsp3) is 0.200. The molecule has 0 aliphatic carbocycles. The number of nitrogens with one attached hydrogen (secondary N) is 2. The van der Waals surface area contributed by atoms with Gasteiger partial charge in [0, 0.05) is 17.1 Å². The van der Waals surface area contributed by atoms with Crippen LogP contribution in [0.25, 0.3) is 10.9 Å². The molecular formula is C20H21N3O3. The van der Waals surface area contributed by atoms with Gasteiger partial charge in [-0.25, -0.2) is 4.79 Å². The van der Waals surface area contributed by atoms with Crippen LogP contribution in [0.1, 0.15) is 15.9 Å². The highest BCUT2D eigenvalue weighted by Crippen LogP contribution is 2.18. The zero-order valence-electron chi connectivity index (χ0n) is 14.3. The van der Waals surface area contributed by atoms with Crippen LogP contribution in [0, 0.1) is 0 Å². The Bertz CT molecular complexity index is 889. The number of aromatic nitrogens is 1. The van der Waals surface area contributed by atoms with E-state index in [2.05, 4.69) is 10.3 Å². The first-order chi connectivity index (χ1) is 12.6. The second-order valence-electron chi connectivity index (χ2n) is 5.96. The van der Waals surface area contributed by atoms with Crippen molar-refractivity contribution in [3.8, 4) is 0 Å². The van der Waals surface area contributed by atoms with Crippen LogP contribution in [0.5, 0.6) is 0 Å². The number of esters is 1. The molecule has 0 fully saturated rings. The Morgan fingerprint density at radius 1 is 1.08 bits per heavy atom. The number of hydrogen-bond donors (Lipinski definition) is 3. The molecule has 1 heterocycles. The number of ether oxygens (including phenoxy) is 1. The third-order valence-corrected chi connectivity index (χ3v) is 4.10. The van der Waals surface area contributed by atoms with Crippen LogP contribution in [0.2, 0.25) is 0 Å². The van der Waals surface area contributed by atoms with E-state index in [0.717, 1.165) is 16.5 Å². The summed E-state index contributed by atoms with van der Waals surface area (Å²) in [5.74, 6) is -0.686. The fourth-order valence-electron chi connectivity index (χ4n) is 2.74. The van der Waals surface area contributed by atoms with E-state index in [4.69, 9.17) is 10.5 Å². The van der Waals surface area contributed by atoms with Gasteiger partial charge in [-0.1, -0.05) is 36.4 Å². The normalized spacial score (nSPS) is 11.9. The molecule has 0 spiro atoms. The Hall–Kier alpha value is -3.12. The van der Waals surface area contributed by atoms with Crippen molar-refractivity contribution in [2.75, 3.05) is 13.2 Å². The molecule has 6 nitrogen and oxygen atoms in total. The quantitative estimate of drug-likeness (QED) is 0.448.